The highest BCUT2D eigenvalue weighted by Gasteiger charge is 2.31. The largest absolute Gasteiger partial charge is 0.444 e. The topological polar surface area (TPSA) is 32.8 Å². The third kappa shape index (κ3) is 4.65. The van der Waals surface area contributed by atoms with Crippen molar-refractivity contribution in [1.82, 2.24) is 9.80 Å². The maximum atomic E-state index is 12.4. The molecule has 0 aromatic rings. The zero-order chi connectivity index (χ0) is 14.6. The molecular formula is C16H30N2O2. The lowest BCUT2D eigenvalue weighted by Gasteiger charge is -2.40. The minimum absolute atomic E-state index is 0.126. The Morgan fingerprint density at radius 1 is 1.05 bits per heavy atom. The van der Waals surface area contributed by atoms with Crippen LogP contribution in [0.15, 0.2) is 0 Å². The van der Waals surface area contributed by atoms with E-state index in [4.69, 9.17) is 4.74 Å². The number of rotatable bonds is 2. The molecule has 1 amide bonds. The minimum atomic E-state index is -0.399. The van der Waals surface area contributed by atoms with Crippen LogP contribution >= 0.6 is 0 Å². The lowest BCUT2D eigenvalue weighted by atomic mass is 10.0. The van der Waals surface area contributed by atoms with E-state index >= 15 is 0 Å². The van der Waals surface area contributed by atoms with Gasteiger partial charge in [-0.3, -0.25) is 0 Å². The predicted molar refractivity (Wildman–Crippen MR) is 80.9 cm³/mol. The van der Waals surface area contributed by atoms with E-state index in [9.17, 15) is 4.79 Å². The lowest BCUT2D eigenvalue weighted by Crippen LogP contribution is -2.51. The highest BCUT2D eigenvalue weighted by Crippen LogP contribution is 2.22. The molecule has 0 spiro atoms. The Kier molecular flexibility index (Phi) is 5.30. The molecule has 4 nitrogen and oxygen atoms in total. The smallest absolute Gasteiger partial charge is 0.410 e. The summed E-state index contributed by atoms with van der Waals surface area (Å²) in [6, 6.07) is 0.344. The molecule has 2 saturated heterocycles. The van der Waals surface area contributed by atoms with E-state index in [0.29, 0.717) is 6.04 Å². The molecule has 0 N–H and O–H groups in total. The quantitative estimate of drug-likeness (QED) is 0.779. The molecule has 2 heterocycles. The maximum Gasteiger partial charge on any atom is 0.410 e. The standard InChI is InChI=1S/C16H30N2O2/c1-16(2,3)20-15(19)18-12-8-5-9-14(18)13-17-10-6-4-7-11-17/h14H,4-13H2,1-3H3. The fraction of sp³-hybridized carbons (Fsp3) is 0.938. The maximum absolute atomic E-state index is 12.4. The number of ether oxygens (including phenoxy) is 1. The van der Waals surface area contributed by atoms with E-state index in [2.05, 4.69) is 4.90 Å². The van der Waals surface area contributed by atoms with E-state index < -0.39 is 5.60 Å². The number of carbonyl (C=O) groups is 1. The van der Waals surface area contributed by atoms with Crippen molar-refractivity contribution in [3.05, 3.63) is 0 Å². The van der Waals surface area contributed by atoms with Crippen LogP contribution in [0.5, 0.6) is 0 Å². The van der Waals surface area contributed by atoms with Gasteiger partial charge >= 0.3 is 6.09 Å². The van der Waals surface area contributed by atoms with Crippen LogP contribution in [0.2, 0.25) is 0 Å². The number of likely N-dealkylation sites (tertiary alicyclic amines) is 2. The molecule has 20 heavy (non-hydrogen) atoms. The molecule has 0 bridgehead atoms. The number of nitrogens with zero attached hydrogens (tertiary/aromatic N) is 2. The Morgan fingerprint density at radius 2 is 1.70 bits per heavy atom. The normalized spacial score (nSPS) is 25.6. The van der Waals surface area contributed by atoms with Crippen LogP contribution in [0, 0.1) is 0 Å². The summed E-state index contributed by atoms with van der Waals surface area (Å²) in [4.78, 5) is 16.9. The molecule has 116 valence electrons. The van der Waals surface area contributed by atoms with Crippen molar-refractivity contribution in [3.8, 4) is 0 Å². The third-order valence-corrected chi connectivity index (χ3v) is 4.17. The summed E-state index contributed by atoms with van der Waals surface area (Å²) < 4.78 is 5.57. The summed E-state index contributed by atoms with van der Waals surface area (Å²) >= 11 is 0. The molecule has 1 atom stereocenters. The first kappa shape index (κ1) is 15.6. The summed E-state index contributed by atoms with van der Waals surface area (Å²) in [5, 5.41) is 0. The molecule has 2 aliphatic rings. The van der Waals surface area contributed by atoms with Gasteiger partial charge in [0, 0.05) is 19.1 Å². The van der Waals surface area contributed by atoms with E-state index in [0.717, 1.165) is 25.9 Å². The predicted octanol–water partition coefficient (Wildman–Crippen LogP) is 3.26. The Morgan fingerprint density at radius 3 is 2.35 bits per heavy atom. The fourth-order valence-corrected chi connectivity index (χ4v) is 3.19. The molecule has 2 fully saturated rings. The average Bonchev–Trinajstić information content (AvgIpc) is 2.38. The Hall–Kier alpha value is -0.770. The second kappa shape index (κ2) is 6.79. The van der Waals surface area contributed by atoms with Gasteiger partial charge < -0.3 is 14.5 Å². The van der Waals surface area contributed by atoms with Crippen LogP contribution in [0.1, 0.15) is 59.3 Å². The van der Waals surface area contributed by atoms with Gasteiger partial charge in [0.2, 0.25) is 0 Å². The van der Waals surface area contributed by atoms with Gasteiger partial charge in [-0.25, -0.2) is 4.79 Å². The first-order chi connectivity index (χ1) is 9.46. The fourth-order valence-electron chi connectivity index (χ4n) is 3.19. The van der Waals surface area contributed by atoms with E-state index in [1.165, 1.54) is 38.8 Å². The Bertz CT molecular complexity index is 319. The van der Waals surface area contributed by atoms with Crippen LogP contribution in [0.25, 0.3) is 0 Å². The van der Waals surface area contributed by atoms with Crippen molar-refractivity contribution in [2.75, 3.05) is 26.2 Å². The van der Waals surface area contributed by atoms with E-state index in [1.54, 1.807) is 0 Å². The van der Waals surface area contributed by atoms with Crippen molar-refractivity contribution in [3.63, 3.8) is 0 Å². The summed E-state index contributed by atoms with van der Waals surface area (Å²) in [5.74, 6) is 0. The molecule has 0 saturated carbocycles. The van der Waals surface area contributed by atoms with Crippen molar-refractivity contribution in [2.24, 2.45) is 0 Å². The monoisotopic (exact) mass is 282 g/mol. The molecule has 0 aromatic heterocycles. The summed E-state index contributed by atoms with van der Waals surface area (Å²) in [6.45, 7) is 10.1. The summed E-state index contributed by atoms with van der Waals surface area (Å²) in [6.07, 6.45) is 7.30. The highest BCUT2D eigenvalue weighted by molar-refractivity contribution is 5.68. The highest BCUT2D eigenvalue weighted by atomic mass is 16.6. The molecule has 0 aliphatic carbocycles. The van der Waals surface area contributed by atoms with Gasteiger partial charge in [0.25, 0.3) is 0 Å². The van der Waals surface area contributed by atoms with Crippen LogP contribution in [0.3, 0.4) is 0 Å². The summed E-state index contributed by atoms with van der Waals surface area (Å²) in [5.41, 5.74) is -0.399. The molecular weight excluding hydrogens is 252 g/mol. The lowest BCUT2D eigenvalue weighted by molar-refractivity contribution is 0.00424. The van der Waals surface area contributed by atoms with Crippen molar-refractivity contribution in [2.45, 2.75) is 70.9 Å². The Balaban J connectivity index is 1.92. The molecule has 4 heteroatoms. The Labute approximate surface area is 123 Å². The number of carbonyl (C=O) groups excluding carboxylic acids is 1. The van der Waals surface area contributed by atoms with Gasteiger partial charge in [-0.05, 0) is 66.0 Å². The van der Waals surface area contributed by atoms with E-state index in [-0.39, 0.29) is 6.09 Å². The number of hydrogen-bond acceptors (Lipinski definition) is 3. The molecule has 2 aliphatic heterocycles. The van der Waals surface area contributed by atoms with Gasteiger partial charge in [0.05, 0.1) is 0 Å². The first-order valence-electron chi connectivity index (χ1n) is 8.18. The van der Waals surface area contributed by atoms with Crippen LogP contribution in [-0.4, -0.2) is 53.7 Å². The van der Waals surface area contributed by atoms with Gasteiger partial charge in [0.1, 0.15) is 5.60 Å². The van der Waals surface area contributed by atoms with Crippen LogP contribution in [-0.2, 0) is 4.74 Å². The number of hydrogen-bond donors (Lipinski definition) is 0. The van der Waals surface area contributed by atoms with Crippen molar-refractivity contribution < 1.29 is 9.53 Å². The zero-order valence-corrected chi connectivity index (χ0v) is 13.4. The third-order valence-electron chi connectivity index (χ3n) is 4.17. The second-order valence-corrected chi connectivity index (χ2v) is 7.18. The van der Waals surface area contributed by atoms with Gasteiger partial charge in [0.15, 0.2) is 0 Å². The molecule has 2 rings (SSSR count). The average molecular weight is 282 g/mol. The molecule has 1 unspecified atom stereocenters. The van der Waals surface area contributed by atoms with Crippen LogP contribution in [0.4, 0.5) is 4.79 Å². The SMILES string of the molecule is CC(C)(C)OC(=O)N1CCCCC1CN1CCCCC1. The van der Waals surface area contributed by atoms with Crippen molar-refractivity contribution in [1.29, 1.82) is 0 Å². The van der Waals surface area contributed by atoms with Gasteiger partial charge in [-0.1, -0.05) is 6.42 Å². The number of amides is 1. The first-order valence-corrected chi connectivity index (χ1v) is 8.18. The van der Waals surface area contributed by atoms with E-state index in [1.807, 2.05) is 25.7 Å². The number of piperidine rings is 2. The zero-order valence-electron chi connectivity index (χ0n) is 13.4. The van der Waals surface area contributed by atoms with Gasteiger partial charge in [-0.15, -0.1) is 0 Å². The van der Waals surface area contributed by atoms with Gasteiger partial charge in [-0.2, -0.15) is 0 Å². The van der Waals surface area contributed by atoms with Crippen molar-refractivity contribution >= 4 is 6.09 Å². The summed E-state index contributed by atoms with van der Waals surface area (Å²) in [7, 11) is 0. The molecule has 0 aromatic carbocycles. The van der Waals surface area contributed by atoms with Crippen LogP contribution < -0.4 is 0 Å². The minimum Gasteiger partial charge on any atom is -0.444 e. The molecule has 0 radical (unpaired) electrons. The second-order valence-electron chi connectivity index (χ2n) is 7.18.